The number of carbonyl (C=O) groups is 2. The van der Waals surface area contributed by atoms with Gasteiger partial charge in [-0.3, -0.25) is 14.5 Å². The summed E-state index contributed by atoms with van der Waals surface area (Å²) in [5.41, 5.74) is 0.710. The van der Waals surface area contributed by atoms with Gasteiger partial charge in [-0.1, -0.05) is 19.1 Å². The Kier molecular flexibility index (Phi) is 6.75. The van der Waals surface area contributed by atoms with Crippen LogP contribution >= 0.6 is 11.8 Å². The minimum atomic E-state index is -0.128. The molecule has 0 aliphatic carbocycles. The number of nitrogens with zero attached hydrogens (tertiary/aromatic N) is 1. The zero-order chi connectivity index (χ0) is 15.1. The number of hydrogen-bond donors (Lipinski definition) is 1. The summed E-state index contributed by atoms with van der Waals surface area (Å²) >= 11 is 1.65. The van der Waals surface area contributed by atoms with Gasteiger partial charge < -0.3 is 5.32 Å². The predicted octanol–water partition coefficient (Wildman–Crippen LogP) is 1.91. The van der Waals surface area contributed by atoms with Gasteiger partial charge in [0.2, 0.25) is 5.91 Å². The zero-order valence-corrected chi connectivity index (χ0v) is 13.3. The summed E-state index contributed by atoms with van der Waals surface area (Å²) in [6.07, 6.45) is 2.00. The van der Waals surface area contributed by atoms with Gasteiger partial charge in [0, 0.05) is 30.0 Å². The first-order chi connectivity index (χ1) is 9.47. The number of rotatable bonds is 7. The molecule has 1 aromatic carbocycles. The standard InChI is InChI=1S/C15H22N2O2S/c1-11(15(19)16-2)9-17(3)10-14(18)12-5-7-13(20-4)8-6-12/h5-8,11H,9-10H2,1-4H3,(H,16,19). The SMILES string of the molecule is CNC(=O)C(C)CN(C)CC(=O)c1ccc(SC)cc1. The minimum absolute atomic E-state index is 0.00591. The summed E-state index contributed by atoms with van der Waals surface area (Å²) in [7, 11) is 3.48. The van der Waals surface area contributed by atoms with Crippen molar-refractivity contribution in [2.75, 3.05) is 33.4 Å². The highest BCUT2D eigenvalue weighted by Crippen LogP contribution is 2.15. The third-order valence-corrected chi connectivity index (χ3v) is 3.85. The second-order valence-corrected chi connectivity index (χ2v) is 5.74. The van der Waals surface area contributed by atoms with E-state index in [2.05, 4.69) is 5.32 Å². The molecular weight excluding hydrogens is 272 g/mol. The molecule has 1 atom stereocenters. The zero-order valence-electron chi connectivity index (χ0n) is 12.5. The molecule has 110 valence electrons. The maximum atomic E-state index is 12.1. The van der Waals surface area contributed by atoms with Crippen molar-refractivity contribution in [3.05, 3.63) is 29.8 Å². The highest BCUT2D eigenvalue weighted by molar-refractivity contribution is 7.98. The molecule has 5 heteroatoms. The first-order valence-corrected chi connectivity index (χ1v) is 7.77. The Morgan fingerprint density at radius 3 is 2.40 bits per heavy atom. The van der Waals surface area contributed by atoms with Crippen LogP contribution in [0.5, 0.6) is 0 Å². The summed E-state index contributed by atoms with van der Waals surface area (Å²) in [5.74, 6) is -0.0606. The largest absolute Gasteiger partial charge is 0.359 e. The van der Waals surface area contributed by atoms with Crippen molar-refractivity contribution in [3.8, 4) is 0 Å². The van der Waals surface area contributed by atoms with Crippen molar-refractivity contribution in [2.24, 2.45) is 5.92 Å². The van der Waals surface area contributed by atoms with Gasteiger partial charge in [-0.25, -0.2) is 0 Å². The minimum Gasteiger partial charge on any atom is -0.359 e. The van der Waals surface area contributed by atoms with Crippen molar-refractivity contribution in [2.45, 2.75) is 11.8 Å². The summed E-state index contributed by atoms with van der Waals surface area (Å²) in [5, 5.41) is 2.61. The highest BCUT2D eigenvalue weighted by Gasteiger charge is 2.16. The molecule has 0 heterocycles. The van der Waals surface area contributed by atoms with Crippen LogP contribution in [0, 0.1) is 5.92 Å². The first-order valence-electron chi connectivity index (χ1n) is 6.55. The molecule has 1 N–H and O–H groups in total. The molecule has 0 saturated heterocycles. The molecule has 0 fully saturated rings. The average molecular weight is 294 g/mol. The molecule has 0 aliphatic rings. The molecule has 0 saturated carbocycles. The molecule has 0 aromatic heterocycles. The first kappa shape index (κ1) is 16.7. The summed E-state index contributed by atoms with van der Waals surface area (Å²) in [6, 6.07) is 7.60. The van der Waals surface area contributed by atoms with Gasteiger partial charge >= 0.3 is 0 Å². The van der Waals surface area contributed by atoms with E-state index in [1.165, 1.54) is 0 Å². The Morgan fingerprint density at radius 1 is 1.30 bits per heavy atom. The Hall–Kier alpha value is -1.33. The molecule has 0 radical (unpaired) electrons. The van der Waals surface area contributed by atoms with Crippen LogP contribution in [-0.4, -0.2) is 50.0 Å². The van der Waals surface area contributed by atoms with Crippen molar-refractivity contribution < 1.29 is 9.59 Å². The van der Waals surface area contributed by atoms with E-state index < -0.39 is 0 Å². The van der Waals surface area contributed by atoms with Gasteiger partial charge in [0.25, 0.3) is 0 Å². The summed E-state index contributed by atoms with van der Waals surface area (Å²) in [4.78, 5) is 26.6. The maximum Gasteiger partial charge on any atom is 0.223 e. The topological polar surface area (TPSA) is 49.4 Å². The number of thioether (sulfide) groups is 1. The molecular formula is C15H22N2O2S. The lowest BCUT2D eigenvalue weighted by atomic mass is 10.1. The quantitative estimate of drug-likeness (QED) is 0.616. The van der Waals surface area contributed by atoms with E-state index in [1.54, 1.807) is 18.8 Å². The number of carbonyl (C=O) groups excluding carboxylic acids is 2. The molecule has 4 nitrogen and oxygen atoms in total. The molecule has 1 unspecified atom stereocenters. The van der Waals surface area contributed by atoms with Crippen molar-refractivity contribution in [1.82, 2.24) is 10.2 Å². The number of ketones is 1. The number of benzene rings is 1. The van der Waals surface area contributed by atoms with E-state index in [-0.39, 0.29) is 17.6 Å². The van der Waals surface area contributed by atoms with Crippen LogP contribution < -0.4 is 5.32 Å². The van der Waals surface area contributed by atoms with Crippen molar-refractivity contribution in [1.29, 1.82) is 0 Å². The van der Waals surface area contributed by atoms with Crippen LogP contribution in [0.2, 0.25) is 0 Å². The fraction of sp³-hybridized carbons (Fsp3) is 0.467. The number of hydrogen-bond acceptors (Lipinski definition) is 4. The van der Waals surface area contributed by atoms with Crippen LogP contribution in [0.3, 0.4) is 0 Å². The summed E-state index contributed by atoms with van der Waals surface area (Å²) in [6.45, 7) is 2.74. The van der Waals surface area contributed by atoms with Crippen LogP contribution in [0.1, 0.15) is 17.3 Å². The molecule has 1 amide bonds. The van der Waals surface area contributed by atoms with Gasteiger partial charge in [-0.15, -0.1) is 11.8 Å². The van der Waals surface area contributed by atoms with Gasteiger partial charge in [-0.05, 0) is 25.4 Å². The maximum absolute atomic E-state index is 12.1. The van der Waals surface area contributed by atoms with E-state index in [1.807, 2.05) is 49.4 Å². The van der Waals surface area contributed by atoms with Crippen LogP contribution in [0.15, 0.2) is 29.2 Å². The lowest BCUT2D eigenvalue weighted by Gasteiger charge is -2.19. The Labute approximate surface area is 124 Å². The number of amides is 1. The lowest BCUT2D eigenvalue weighted by molar-refractivity contribution is -0.124. The second kappa shape index (κ2) is 8.07. The molecule has 1 rings (SSSR count). The third-order valence-electron chi connectivity index (χ3n) is 3.11. The average Bonchev–Trinajstić information content (AvgIpc) is 2.46. The van der Waals surface area contributed by atoms with E-state index in [9.17, 15) is 9.59 Å². The highest BCUT2D eigenvalue weighted by atomic mass is 32.2. The van der Waals surface area contributed by atoms with Gasteiger partial charge in [0.15, 0.2) is 5.78 Å². The van der Waals surface area contributed by atoms with Gasteiger partial charge in [0.05, 0.1) is 6.54 Å². The second-order valence-electron chi connectivity index (χ2n) is 4.86. The third kappa shape index (κ3) is 4.98. The number of nitrogens with one attached hydrogen (secondary N) is 1. The van der Waals surface area contributed by atoms with Gasteiger partial charge in [0.1, 0.15) is 0 Å². The Morgan fingerprint density at radius 2 is 1.90 bits per heavy atom. The van der Waals surface area contributed by atoms with Crippen molar-refractivity contribution in [3.63, 3.8) is 0 Å². The molecule has 1 aromatic rings. The fourth-order valence-corrected chi connectivity index (χ4v) is 2.38. The van der Waals surface area contributed by atoms with E-state index >= 15 is 0 Å². The molecule has 20 heavy (non-hydrogen) atoms. The molecule has 0 aliphatic heterocycles. The molecule has 0 spiro atoms. The Bertz CT molecular complexity index is 459. The monoisotopic (exact) mass is 294 g/mol. The smallest absolute Gasteiger partial charge is 0.223 e. The Balaban J connectivity index is 2.54. The van der Waals surface area contributed by atoms with Crippen LogP contribution in [0.4, 0.5) is 0 Å². The van der Waals surface area contributed by atoms with Crippen LogP contribution in [0.25, 0.3) is 0 Å². The van der Waals surface area contributed by atoms with Gasteiger partial charge in [-0.2, -0.15) is 0 Å². The van der Waals surface area contributed by atoms with Crippen LogP contribution in [-0.2, 0) is 4.79 Å². The van der Waals surface area contributed by atoms with Crippen molar-refractivity contribution >= 4 is 23.5 Å². The fourth-order valence-electron chi connectivity index (χ4n) is 1.97. The van der Waals surface area contributed by atoms with E-state index in [4.69, 9.17) is 0 Å². The number of likely N-dealkylation sites (N-methyl/N-ethyl adjacent to an activating group) is 1. The normalized spacial score (nSPS) is 12.2. The summed E-state index contributed by atoms with van der Waals surface area (Å²) < 4.78 is 0. The predicted molar refractivity (Wildman–Crippen MR) is 83.3 cm³/mol. The lowest BCUT2D eigenvalue weighted by Crippen LogP contribution is -2.36. The molecule has 0 bridgehead atoms. The number of Topliss-reactive ketones (excluding diaryl/α,β-unsaturated/α-hetero) is 1. The van der Waals surface area contributed by atoms with E-state index in [0.29, 0.717) is 18.7 Å². The van der Waals surface area contributed by atoms with E-state index in [0.717, 1.165) is 4.90 Å².